The molecule has 2 aromatic rings. The van der Waals surface area contributed by atoms with Crippen LogP contribution in [-0.4, -0.2) is 14.9 Å². The van der Waals surface area contributed by atoms with Crippen molar-refractivity contribution in [3.63, 3.8) is 0 Å². The molecule has 0 amide bonds. The molecule has 0 aliphatic carbocycles. The number of hydrogen-bond acceptors (Lipinski definition) is 2. The predicted molar refractivity (Wildman–Crippen MR) is 108 cm³/mol. The minimum Gasteiger partial charge on any atom is -0.407 e. The Hall–Kier alpha value is -1.89. The molecule has 0 bridgehead atoms. The SMILES string of the molecule is CC(C)(CC#N)CO[Si](c1ccccc1)(c1ccccc1)C(C)(C)C. The fourth-order valence-electron chi connectivity index (χ4n) is 3.33. The lowest BCUT2D eigenvalue weighted by molar-refractivity contribution is 0.174. The summed E-state index contributed by atoms with van der Waals surface area (Å²) in [4.78, 5) is 0. The van der Waals surface area contributed by atoms with Gasteiger partial charge < -0.3 is 4.43 Å². The lowest BCUT2D eigenvalue weighted by atomic mass is 9.92. The van der Waals surface area contributed by atoms with Gasteiger partial charge in [0.15, 0.2) is 0 Å². The minimum absolute atomic E-state index is 0.0293. The van der Waals surface area contributed by atoms with E-state index in [1.54, 1.807) is 0 Å². The molecule has 0 fully saturated rings. The van der Waals surface area contributed by atoms with Crippen molar-refractivity contribution in [2.45, 2.75) is 46.1 Å². The zero-order valence-corrected chi connectivity index (χ0v) is 17.0. The van der Waals surface area contributed by atoms with E-state index in [0.717, 1.165) is 0 Å². The standard InChI is InChI=1S/C22H29NOSi/c1-21(2,3)25(19-12-8-6-9-13-19,20-14-10-7-11-15-20)24-18-22(4,5)16-17-23/h6-15H,16,18H2,1-5H3. The van der Waals surface area contributed by atoms with Crippen molar-refractivity contribution in [3.8, 4) is 6.07 Å². The summed E-state index contributed by atoms with van der Waals surface area (Å²) in [6.07, 6.45) is 0.491. The molecule has 0 radical (unpaired) electrons. The number of benzene rings is 2. The molecule has 0 saturated heterocycles. The average molecular weight is 352 g/mol. The Morgan fingerprint density at radius 2 is 1.28 bits per heavy atom. The third-order valence-electron chi connectivity index (χ3n) is 4.65. The summed E-state index contributed by atoms with van der Waals surface area (Å²) in [5.74, 6) is 0. The van der Waals surface area contributed by atoms with Gasteiger partial charge in [-0.25, -0.2) is 0 Å². The van der Waals surface area contributed by atoms with Gasteiger partial charge in [0.1, 0.15) is 0 Å². The normalized spacial score (nSPS) is 12.6. The first kappa shape index (κ1) is 19.4. The largest absolute Gasteiger partial charge is 0.407 e. The van der Waals surface area contributed by atoms with Crippen LogP contribution >= 0.6 is 0 Å². The zero-order valence-electron chi connectivity index (χ0n) is 16.0. The molecular formula is C22H29NOSi. The van der Waals surface area contributed by atoms with Crippen LogP contribution in [0.4, 0.5) is 0 Å². The van der Waals surface area contributed by atoms with Gasteiger partial charge in [-0.1, -0.05) is 95.3 Å². The monoisotopic (exact) mass is 351 g/mol. The van der Waals surface area contributed by atoms with E-state index in [0.29, 0.717) is 13.0 Å². The quantitative estimate of drug-likeness (QED) is 0.718. The predicted octanol–water partition coefficient (Wildman–Crippen LogP) is 4.50. The molecule has 0 unspecified atom stereocenters. The molecule has 0 saturated carbocycles. The Bertz CT molecular complexity index is 672. The van der Waals surface area contributed by atoms with Crippen molar-refractivity contribution in [2.75, 3.05) is 6.61 Å². The first-order chi connectivity index (χ1) is 11.7. The van der Waals surface area contributed by atoms with Crippen LogP contribution in [0.3, 0.4) is 0 Å². The van der Waals surface area contributed by atoms with Crippen LogP contribution in [0.5, 0.6) is 0 Å². The lowest BCUT2D eigenvalue weighted by Gasteiger charge is -2.44. The highest BCUT2D eigenvalue weighted by Crippen LogP contribution is 2.38. The molecule has 0 spiro atoms. The summed E-state index contributed by atoms with van der Waals surface area (Å²) in [6.45, 7) is 11.6. The second-order valence-electron chi connectivity index (χ2n) is 8.45. The van der Waals surface area contributed by atoms with Crippen LogP contribution in [0.2, 0.25) is 5.04 Å². The van der Waals surface area contributed by atoms with Gasteiger partial charge >= 0.3 is 0 Å². The Balaban J connectivity index is 2.59. The third-order valence-corrected chi connectivity index (χ3v) is 9.64. The molecule has 0 atom stereocenters. The van der Waals surface area contributed by atoms with E-state index in [9.17, 15) is 0 Å². The van der Waals surface area contributed by atoms with Crippen molar-refractivity contribution in [1.29, 1.82) is 5.26 Å². The van der Waals surface area contributed by atoms with E-state index in [-0.39, 0.29) is 10.5 Å². The number of nitriles is 1. The highest BCUT2D eigenvalue weighted by molar-refractivity contribution is 6.99. The zero-order chi connectivity index (χ0) is 18.6. The summed E-state index contributed by atoms with van der Waals surface area (Å²) in [6, 6.07) is 23.6. The van der Waals surface area contributed by atoms with Gasteiger partial charge in [0, 0.05) is 13.0 Å². The van der Waals surface area contributed by atoms with Gasteiger partial charge in [0.2, 0.25) is 0 Å². The van der Waals surface area contributed by atoms with Crippen molar-refractivity contribution in [3.05, 3.63) is 60.7 Å². The molecule has 0 heterocycles. The first-order valence-corrected chi connectivity index (χ1v) is 10.8. The summed E-state index contributed by atoms with van der Waals surface area (Å²) in [5, 5.41) is 11.7. The maximum absolute atomic E-state index is 9.13. The maximum Gasteiger partial charge on any atom is 0.261 e. The van der Waals surface area contributed by atoms with E-state index < -0.39 is 8.32 Å². The van der Waals surface area contributed by atoms with Gasteiger partial charge in [-0.15, -0.1) is 0 Å². The number of hydrogen-bond donors (Lipinski definition) is 0. The molecule has 2 nitrogen and oxygen atoms in total. The van der Waals surface area contributed by atoms with E-state index >= 15 is 0 Å². The summed E-state index contributed by atoms with van der Waals surface area (Å²) in [7, 11) is -2.50. The molecule has 2 aromatic carbocycles. The van der Waals surface area contributed by atoms with Crippen molar-refractivity contribution < 1.29 is 4.43 Å². The highest BCUT2D eigenvalue weighted by Gasteiger charge is 2.50. The molecule has 3 heteroatoms. The lowest BCUT2D eigenvalue weighted by Crippen LogP contribution is -2.67. The maximum atomic E-state index is 9.13. The van der Waals surface area contributed by atoms with Crippen LogP contribution in [0, 0.1) is 16.7 Å². The summed E-state index contributed by atoms with van der Waals surface area (Å²) in [5.41, 5.74) is -0.165. The molecule has 2 rings (SSSR count). The fourth-order valence-corrected chi connectivity index (χ4v) is 8.09. The van der Waals surface area contributed by atoms with Crippen molar-refractivity contribution in [1.82, 2.24) is 0 Å². The second kappa shape index (κ2) is 7.55. The van der Waals surface area contributed by atoms with Crippen molar-refractivity contribution in [2.24, 2.45) is 5.41 Å². The Kier molecular flexibility index (Phi) is 5.87. The van der Waals surface area contributed by atoms with E-state index in [2.05, 4.69) is 101 Å². The van der Waals surface area contributed by atoms with E-state index in [4.69, 9.17) is 9.69 Å². The van der Waals surface area contributed by atoms with Gasteiger partial charge in [0.25, 0.3) is 8.32 Å². The Morgan fingerprint density at radius 1 is 0.840 bits per heavy atom. The smallest absolute Gasteiger partial charge is 0.261 e. The molecule has 0 N–H and O–H groups in total. The second-order valence-corrected chi connectivity index (χ2v) is 12.8. The van der Waals surface area contributed by atoms with E-state index in [1.807, 2.05) is 0 Å². The highest BCUT2D eigenvalue weighted by atomic mass is 28.4. The Labute approximate surface area is 153 Å². The Morgan fingerprint density at radius 3 is 1.64 bits per heavy atom. The molecule has 0 aliphatic rings. The molecule has 0 aromatic heterocycles. The van der Waals surface area contributed by atoms with Gasteiger partial charge in [0.05, 0.1) is 6.07 Å². The molecule has 0 aliphatic heterocycles. The van der Waals surface area contributed by atoms with Crippen molar-refractivity contribution >= 4 is 18.7 Å². The van der Waals surface area contributed by atoms with Crippen LogP contribution in [0.1, 0.15) is 41.0 Å². The van der Waals surface area contributed by atoms with Crippen LogP contribution in [0.25, 0.3) is 0 Å². The third kappa shape index (κ3) is 4.20. The average Bonchev–Trinajstić information content (AvgIpc) is 2.56. The van der Waals surface area contributed by atoms with E-state index in [1.165, 1.54) is 10.4 Å². The van der Waals surface area contributed by atoms with Crippen LogP contribution in [-0.2, 0) is 4.43 Å². The molecular weight excluding hydrogens is 322 g/mol. The number of rotatable bonds is 6. The van der Waals surface area contributed by atoms with Crippen LogP contribution in [0.15, 0.2) is 60.7 Å². The minimum atomic E-state index is -2.50. The summed E-state index contributed by atoms with van der Waals surface area (Å²) >= 11 is 0. The van der Waals surface area contributed by atoms with Crippen LogP contribution < -0.4 is 10.4 Å². The van der Waals surface area contributed by atoms with Gasteiger partial charge in [-0.3, -0.25) is 0 Å². The summed E-state index contributed by atoms with van der Waals surface area (Å²) < 4.78 is 6.87. The molecule has 25 heavy (non-hydrogen) atoms. The first-order valence-electron chi connectivity index (χ1n) is 8.85. The number of nitrogens with zero attached hydrogens (tertiary/aromatic N) is 1. The van der Waals surface area contributed by atoms with Gasteiger partial charge in [-0.2, -0.15) is 5.26 Å². The van der Waals surface area contributed by atoms with Gasteiger partial charge in [-0.05, 0) is 20.8 Å². The topological polar surface area (TPSA) is 33.0 Å². The molecule has 132 valence electrons. The fraction of sp³-hybridized carbons (Fsp3) is 0.409.